The van der Waals surface area contributed by atoms with Crippen molar-refractivity contribution in [3.63, 3.8) is 0 Å². The highest BCUT2D eigenvalue weighted by atomic mass is 35.5. The number of carbonyl (C=O) groups is 1. The van der Waals surface area contributed by atoms with E-state index in [1.54, 1.807) is 4.68 Å². The normalized spacial score (nSPS) is 13.0. The first-order valence-electron chi connectivity index (χ1n) is 8.31. The number of nitrogens with zero attached hydrogens (tertiary/aromatic N) is 2. The molecule has 0 spiro atoms. The van der Waals surface area contributed by atoms with Gasteiger partial charge in [0.1, 0.15) is 11.7 Å². The van der Waals surface area contributed by atoms with E-state index in [1.165, 1.54) is 0 Å². The molecule has 1 amide bonds. The Balaban J connectivity index is 2.12. The predicted octanol–water partition coefficient (Wildman–Crippen LogP) is 4.83. The van der Waals surface area contributed by atoms with Crippen LogP contribution in [0.2, 0.25) is 5.02 Å². The van der Waals surface area contributed by atoms with Crippen LogP contribution in [-0.2, 0) is 4.79 Å². The molecule has 0 aliphatic rings. The number of carbonyl (C=O) groups excluding carboxylic acids is 1. The van der Waals surface area contributed by atoms with Crippen LogP contribution in [-0.4, -0.2) is 21.2 Å². The van der Waals surface area contributed by atoms with Crippen molar-refractivity contribution >= 4 is 28.4 Å². The molecule has 5 heteroatoms. The average molecular weight is 356 g/mol. The molecule has 3 aromatic rings. The van der Waals surface area contributed by atoms with Crippen LogP contribution in [0.3, 0.4) is 0 Å². The maximum absolute atomic E-state index is 12.6. The van der Waals surface area contributed by atoms with Crippen LogP contribution in [0, 0.1) is 0 Å². The third kappa shape index (κ3) is 3.69. The lowest BCUT2D eigenvalue weighted by Crippen LogP contribution is -2.43. The highest BCUT2D eigenvalue weighted by Crippen LogP contribution is 2.31. The Labute approximate surface area is 152 Å². The van der Waals surface area contributed by atoms with Crippen molar-refractivity contribution in [1.82, 2.24) is 15.1 Å². The number of nitrogens with one attached hydrogen (secondary N) is 1. The Morgan fingerprint density at radius 1 is 1.16 bits per heavy atom. The van der Waals surface area contributed by atoms with Gasteiger partial charge in [-0.15, -0.1) is 0 Å². The van der Waals surface area contributed by atoms with Crippen molar-refractivity contribution in [1.29, 1.82) is 0 Å². The molecule has 0 fully saturated rings. The van der Waals surface area contributed by atoms with E-state index in [9.17, 15) is 4.79 Å². The molecule has 0 radical (unpaired) electrons. The molecule has 0 aliphatic heterocycles. The summed E-state index contributed by atoms with van der Waals surface area (Å²) in [5, 5.41) is 9.35. The van der Waals surface area contributed by atoms with E-state index < -0.39 is 6.04 Å². The fourth-order valence-electron chi connectivity index (χ4n) is 2.80. The Hall–Kier alpha value is -2.33. The molecule has 1 atom stereocenters. The lowest BCUT2D eigenvalue weighted by Gasteiger charge is -2.23. The number of hydrogen-bond acceptors (Lipinski definition) is 2. The van der Waals surface area contributed by atoms with Gasteiger partial charge in [-0.1, -0.05) is 41.9 Å². The first-order chi connectivity index (χ1) is 11.8. The zero-order valence-electron chi connectivity index (χ0n) is 14.9. The van der Waals surface area contributed by atoms with Crippen molar-refractivity contribution in [2.45, 2.75) is 39.3 Å². The number of amides is 1. The molecule has 0 saturated carbocycles. The largest absolute Gasteiger partial charge is 0.350 e. The Bertz CT molecular complexity index is 910. The van der Waals surface area contributed by atoms with Gasteiger partial charge >= 0.3 is 0 Å². The summed E-state index contributed by atoms with van der Waals surface area (Å²) >= 11 is 6.20. The molecule has 0 aliphatic carbocycles. The zero-order valence-corrected chi connectivity index (χ0v) is 15.6. The topological polar surface area (TPSA) is 46.9 Å². The zero-order chi connectivity index (χ0) is 18.2. The first-order valence-corrected chi connectivity index (χ1v) is 8.69. The third-order valence-electron chi connectivity index (χ3n) is 3.96. The second-order valence-electron chi connectivity index (χ2n) is 7.24. The lowest BCUT2D eigenvalue weighted by molar-refractivity contribution is -0.125. The molecule has 1 aromatic heterocycles. The summed E-state index contributed by atoms with van der Waals surface area (Å²) in [4.78, 5) is 12.6. The molecule has 1 N–H and O–H groups in total. The van der Waals surface area contributed by atoms with Crippen molar-refractivity contribution in [2.24, 2.45) is 0 Å². The molecular weight excluding hydrogens is 334 g/mol. The monoisotopic (exact) mass is 355 g/mol. The van der Waals surface area contributed by atoms with Gasteiger partial charge in [0, 0.05) is 21.5 Å². The van der Waals surface area contributed by atoms with Crippen molar-refractivity contribution < 1.29 is 4.79 Å². The van der Waals surface area contributed by atoms with Gasteiger partial charge in [-0.25, -0.2) is 0 Å². The minimum Gasteiger partial charge on any atom is -0.350 e. The Morgan fingerprint density at radius 2 is 1.84 bits per heavy atom. The molecule has 0 unspecified atom stereocenters. The molecule has 1 heterocycles. The van der Waals surface area contributed by atoms with Crippen LogP contribution in [0.5, 0.6) is 0 Å². The van der Waals surface area contributed by atoms with Crippen LogP contribution < -0.4 is 5.32 Å². The van der Waals surface area contributed by atoms with Crippen molar-refractivity contribution in [2.75, 3.05) is 0 Å². The van der Waals surface area contributed by atoms with Crippen LogP contribution >= 0.6 is 11.6 Å². The fraction of sp³-hybridized carbons (Fsp3) is 0.300. The van der Waals surface area contributed by atoms with E-state index in [1.807, 2.05) is 76.2 Å². The van der Waals surface area contributed by atoms with Gasteiger partial charge < -0.3 is 5.32 Å². The van der Waals surface area contributed by atoms with Crippen molar-refractivity contribution in [3.8, 4) is 11.3 Å². The van der Waals surface area contributed by atoms with E-state index in [-0.39, 0.29) is 11.4 Å². The summed E-state index contributed by atoms with van der Waals surface area (Å²) in [6.07, 6.45) is 0. The minimum atomic E-state index is -0.430. The van der Waals surface area contributed by atoms with Gasteiger partial charge in [-0.05, 0) is 45.9 Å². The molecule has 2 aromatic carbocycles. The maximum atomic E-state index is 12.6. The van der Waals surface area contributed by atoms with E-state index in [4.69, 9.17) is 16.7 Å². The first kappa shape index (κ1) is 17.5. The predicted molar refractivity (Wildman–Crippen MR) is 103 cm³/mol. The van der Waals surface area contributed by atoms with E-state index >= 15 is 0 Å². The van der Waals surface area contributed by atoms with Gasteiger partial charge in [-0.2, -0.15) is 5.10 Å². The SMILES string of the molecule is C[C@H](C(=O)NC(C)(C)C)n1nc(-c2ccccc2)c2cc(Cl)ccc21. The van der Waals surface area contributed by atoms with Gasteiger partial charge in [0.15, 0.2) is 0 Å². The molecular formula is C20H22ClN3O. The quantitative estimate of drug-likeness (QED) is 0.731. The maximum Gasteiger partial charge on any atom is 0.245 e. The van der Waals surface area contributed by atoms with Gasteiger partial charge in [-0.3, -0.25) is 9.48 Å². The van der Waals surface area contributed by atoms with E-state index in [0.29, 0.717) is 5.02 Å². The summed E-state index contributed by atoms with van der Waals surface area (Å²) in [5.74, 6) is -0.0635. The van der Waals surface area contributed by atoms with Gasteiger partial charge in [0.25, 0.3) is 0 Å². The second kappa shape index (κ2) is 6.52. The molecule has 25 heavy (non-hydrogen) atoms. The number of hydrogen-bond donors (Lipinski definition) is 1. The molecule has 0 bridgehead atoms. The summed E-state index contributed by atoms with van der Waals surface area (Å²) < 4.78 is 1.77. The van der Waals surface area contributed by atoms with Gasteiger partial charge in [0.05, 0.1) is 5.52 Å². The number of fused-ring (bicyclic) bond motifs is 1. The smallest absolute Gasteiger partial charge is 0.245 e. The number of halogens is 1. The lowest BCUT2D eigenvalue weighted by atomic mass is 10.1. The Morgan fingerprint density at radius 3 is 2.48 bits per heavy atom. The fourth-order valence-corrected chi connectivity index (χ4v) is 2.97. The average Bonchev–Trinajstić information content (AvgIpc) is 2.92. The van der Waals surface area contributed by atoms with E-state index in [2.05, 4.69) is 5.32 Å². The minimum absolute atomic E-state index is 0.0635. The molecule has 4 nitrogen and oxygen atoms in total. The summed E-state index contributed by atoms with van der Waals surface area (Å²) in [6, 6.07) is 15.1. The molecule has 0 saturated heterocycles. The number of aromatic nitrogens is 2. The Kier molecular flexibility index (Phi) is 4.56. The van der Waals surface area contributed by atoms with Crippen LogP contribution in [0.4, 0.5) is 0 Å². The van der Waals surface area contributed by atoms with Crippen LogP contribution in [0.15, 0.2) is 48.5 Å². The number of rotatable bonds is 3. The highest BCUT2D eigenvalue weighted by Gasteiger charge is 2.24. The highest BCUT2D eigenvalue weighted by molar-refractivity contribution is 6.31. The summed E-state index contributed by atoms with van der Waals surface area (Å²) in [6.45, 7) is 7.76. The standard InChI is InChI=1S/C20H22ClN3O/c1-13(19(25)22-20(2,3)4)24-17-11-10-15(21)12-16(17)18(23-24)14-8-6-5-7-9-14/h5-13H,1-4H3,(H,22,25)/t13-/m1/s1. The van der Waals surface area contributed by atoms with Crippen molar-refractivity contribution in [3.05, 3.63) is 53.6 Å². The van der Waals surface area contributed by atoms with Crippen LogP contribution in [0.25, 0.3) is 22.2 Å². The van der Waals surface area contributed by atoms with Crippen LogP contribution in [0.1, 0.15) is 33.7 Å². The van der Waals surface area contributed by atoms with Gasteiger partial charge in [0.2, 0.25) is 5.91 Å². The number of benzene rings is 2. The van der Waals surface area contributed by atoms with E-state index in [0.717, 1.165) is 22.2 Å². The third-order valence-corrected chi connectivity index (χ3v) is 4.20. The second-order valence-corrected chi connectivity index (χ2v) is 7.67. The molecule has 3 rings (SSSR count). The molecule has 130 valence electrons. The summed E-state index contributed by atoms with van der Waals surface area (Å²) in [5.41, 5.74) is 2.42. The summed E-state index contributed by atoms with van der Waals surface area (Å²) in [7, 11) is 0.